The molecule has 0 aromatic heterocycles. The van der Waals surface area contributed by atoms with Crippen molar-refractivity contribution in [1.29, 1.82) is 0 Å². The molecule has 8 nitrogen and oxygen atoms in total. The zero-order valence-corrected chi connectivity index (χ0v) is 19.3. The number of rotatable bonds is 8. The highest BCUT2D eigenvalue weighted by Gasteiger charge is 2.34. The summed E-state index contributed by atoms with van der Waals surface area (Å²) in [5, 5.41) is 2.74. The van der Waals surface area contributed by atoms with Crippen molar-refractivity contribution in [1.82, 2.24) is 9.62 Å². The number of ether oxygens (including phenoxy) is 2. The van der Waals surface area contributed by atoms with Crippen molar-refractivity contribution in [2.24, 2.45) is 0 Å². The second-order valence-electron chi connectivity index (χ2n) is 7.56. The number of benzene rings is 1. The molecule has 1 saturated heterocycles. The van der Waals surface area contributed by atoms with Gasteiger partial charge in [0.2, 0.25) is 10.0 Å². The fraction of sp³-hybridized carbons (Fsp3) is 0.600. The summed E-state index contributed by atoms with van der Waals surface area (Å²) in [4.78, 5) is 24.1. The van der Waals surface area contributed by atoms with Crippen LogP contribution in [0, 0.1) is 0 Å². The van der Waals surface area contributed by atoms with E-state index < -0.39 is 28.5 Å². The molecule has 30 heavy (non-hydrogen) atoms. The van der Waals surface area contributed by atoms with Crippen molar-refractivity contribution in [2.75, 3.05) is 19.7 Å². The number of carbonyl (C=O) groups excluding carboxylic acids is 2. The first-order valence-electron chi connectivity index (χ1n) is 9.96. The topological polar surface area (TPSA) is 102 Å². The lowest BCUT2D eigenvalue weighted by Gasteiger charge is -2.34. The third kappa shape index (κ3) is 6.41. The van der Waals surface area contributed by atoms with Gasteiger partial charge in [-0.2, -0.15) is 4.31 Å². The van der Waals surface area contributed by atoms with Crippen LogP contribution in [-0.2, 0) is 24.3 Å². The van der Waals surface area contributed by atoms with Gasteiger partial charge in [0.1, 0.15) is 4.90 Å². The second-order valence-corrected chi connectivity index (χ2v) is 9.87. The summed E-state index contributed by atoms with van der Waals surface area (Å²) < 4.78 is 38.1. The lowest BCUT2D eigenvalue weighted by atomic mass is 10.2. The molecular weight excluding hydrogens is 432 g/mol. The maximum absolute atomic E-state index is 13.1. The number of esters is 1. The minimum Gasteiger partial charge on any atom is -0.452 e. The highest BCUT2D eigenvalue weighted by Crippen LogP contribution is 2.28. The molecule has 2 rings (SSSR count). The third-order valence-corrected chi connectivity index (χ3v) is 6.95. The van der Waals surface area contributed by atoms with E-state index in [0.717, 1.165) is 12.8 Å². The van der Waals surface area contributed by atoms with Gasteiger partial charge in [-0.25, -0.2) is 13.2 Å². The number of hydrogen-bond donors (Lipinski definition) is 1. The molecule has 1 aliphatic rings. The van der Waals surface area contributed by atoms with Crippen molar-refractivity contribution < 1.29 is 27.5 Å². The minimum atomic E-state index is -3.93. The maximum Gasteiger partial charge on any atom is 0.338 e. The average Bonchev–Trinajstić information content (AvgIpc) is 2.65. The van der Waals surface area contributed by atoms with Crippen LogP contribution in [0.1, 0.15) is 50.9 Å². The number of carbonyl (C=O) groups is 2. The van der Waals surface area contributed by atoms with Crippen LogP contribution in [0.2, 0.25) is 5.02 Å². The van der Waals surface area contributed by atoms with Gasteiger partial charge < -0.3 is 14.8 Å². The predicted molar refractivity (Wildman–Crippen MR) is 113 cm³/mol. The molecule has 1 fully saturated rings. The zero-order chi connectivity index (χ0) is 22.5. The van der Waals surface area contributed by atoms with E-state index in [9.17, 15) is 18.0 Å². The average molecular weight is 461 g/mol. The van der Waals surface area contributed by atoms with Gasteiger partial charge in [0, 0.05) is 19.1 Å². The predicted octanol–water partition coefficient (Wildman–Crippen LogP) is 2.60. The van der Waals surface area contributed by atoms with E-state index in [1.54, 1.807) is 13.8 Å². The summed E-state index contributed by atoms with van der Waals surface area (Å²) in [6, 6.07) is 3.86. The van der Waals surface area contributed by atoms with Crippen LogP contribution < -0.4 is 5.32 Å². The Morgan fingerprint density at radius 3 is 2.53 bits per heavy atom. The van der Waals surface area contributed by atoms with Gasteiger partial charge in [0.15, 0.2) is 6.61 Å². The maximum atomic E-state index is 13.1. The first-order valence-corrected chi connectivity index (χ1v) is 11.8. The van der Waals surface area contributed by atoms with Crippen molar-refractivity contribution >= 4 is 33.5 Å². The number of nitrogens with one attached hydrogen (secondary N) is 1. The lowest BCUT2D eigenvalue weighted by Crippen LogP contribution is -2.48. The molecule has 1 heterocycles. The highest BCUT2D eigenvalue weighted by molar-refractivity contribution is 7.89. The van der Waals surface area contributed by atoms with Gasteiger partial charge in [-0.05, 0) is 45.4 Å². The minimum absolute atomic E-state index is 0.00161. The number of sulfonamides is 1. The molecule has 0 spiro atoms. The Morgan fingerprint density at radius 2 is 1.93 bits per heavy atom. The fourth-order valence-corrected chi connectivity index (χ4v) is 5.42. The van der Waals surface area contributed by atoms with Gasteiger partial charge in [-0.1, -0.05) is 24.9 Å². The molecule has 1 amide bonds. The van der Waals surface area contributed by atoms with Crippen molar-refractivity contribution in [3.8, 4) is 0 Å². The van der Waals surface area contributed by atoms with E-state index in [2.05, 4.69) is 5.32 Å². The Bertz CT molecular complexity index is 866. The molecule has 1 aromatic carbocycles. The second kappa shape index (κ2) is 10.6. The highest BCUT2D eigenvalue weighted by atomic mass is 35.5. The van der Waals surface area contributed by atoms with Crippen LogP contribution >= 0.6 is 11.6 Å². The summed E-state index contributed by atoms with van der Waals surface area (Å²) in [6.07, 6.45) is 1.22. The van der Waals surface area contributed by atoms with E-state index >= 15 is 0 Å². The molecule has 1 aliphatic heterocycles. The Balaban J connectivity index is 2.12. The molecule has 3 atom stereocenters. The molecule has 1 aromatic rings. The smallest absolute Gasteiger partial charge is 0.338 e. The third-order valence-electron chi connectivity index (χ3n) is 4.63. The van der Waals surface area contributed by atoms with Gasteiger partial charge in [-0.15, -0.1) is 0 Å². The first-order chi connectivity index (χ1) is 14.0. The summed E-state index contributed by atoms with van der Waals surface area (Å²) in [5.41, 5.74) is 0.00161. The van der Waals surface area contributed by atoms with E-state index in [-0.39, 0.29) is 46.8 Å². The largest absolute Gasteiger partial charge is 0.452 e. The summed E-state index contributed by atoms with van der Waals surface area (Å²) >= 11 is 6.14. The summed E-state index contributed by atoms with van der Waals surface area (Å²) in [6.45, 7) is 7.39. The van der Waals surface area contributed by atoms with Crippen molar-refractivity contribution in [3.63, 3.8) is 0 Å². The Kier molecular flexibility index (Phi) is 8.66. The number of hydrogen-bond acceptors (Lipinski definition) is 6. The molecule has 168 valence electrons. The quantitative estimate of drug-likeness (QED) is 0.598. The van der Waals surface area contributed by atoms with Gasteiger partial charge >= 0.3 is 5.97 Å². The first kappa shape index (κ1) is 24.6. The van der Waals surface area contributed by atoms with Crippen molar-refractivity contribution in [2.45, 2.75) is 63.7 Å². The van der Waals surface area contributed by atoms with Crippen LogP contribution in [-0.4, -0.2) is 62.5 Å². The monoisotopic (exact) mass is 460 g/mol. The number of amides is 1. The lowest BCUT2D eigenvalue weighted by molar-refractivity contribution is -0.124. The summed E-state index contributed by atoms with van der Waals surface area (Å²) in [5.74, 6) is -1.22. The normalized spacial score (nSPS) is 21.1. The van der Waals surface area contributed by atoms with E-state index in [1.807, 2.05) is 13.8 Å². The molecule has 0 aliphatic carbocycles. The Hall–Kier alpha value is -1.68. The number of nitrogens with zero attached hydrogens (tertiary/aromatic N) is 1. The van der Waals surface area contributed by atoms with Crippen LogP contribution in [0.25, 0.3) is 0 Å². The van der Waals surface area contributed by atoms with Crippen LogP contribution in [0.5, 0.6) is 0 Å². The van der Waals surface area contributed by atoms with Gasteiger partial charge in [-0.3, -0.25) is 4.79 Å². The Morgan fingerprint density at radius 1 is 1.30 bits per heavy atom. The van der Waals surface area contributed by atoms with Crippen LogP contribution in [0.3, 0.4) is 0 Å². The molecule has 0 saturated carbocycles. The van der Waals surface area contributed by atoms with E-state index in [4.69, 9.17) is 21.1 Å². The number of morpholine rings is 1. The molecule has 3 unspecified atom stereocenters. The van der Waals surface area contributed by atoms with Crippen molar-refractivity contribution in [3.05, 3.63) is 28.8 Å². The van der Waals surface area contributed by atoms with E-state index in [1.165, 1.54) is 22.5 Å². The molecule has 1 N–H and O–H groups in total. The fourth-order valence-electron chi connectivity index (χ4n) is 3.33. The molecule has 10 heteroatoms. The van der Waals surface area contributed by atoms with E-state index in [0.29, 0.717) is 0 Å². The number of halogens is 1. The van der Waals surface area contributed by atoms with Gasteiger partial charge in [0.25, 0.3) is 5.91 Å². The zero-order valence-electron chi connectivity index (χ0n) is 17.7. The molecular formula is C20H29ClN2O6S. The van der Waals surface area contributed by atoms with Gasteiger partial charge in [0.05, 0.1) is 22.8 Å². The molecule has 0 radical (unpaired) electrons. The SMILES string of the molecule is CCCC(C)NC(=O)COC(=O)c1ccc(Cl)c(S(=O)(=O)N2CC(C)OC(C)C2)c1. The Labute approximate surface area is 182 Å². The van der Waals surface area contributed by atoms with Crippen LogP contribution in [0.4, 0.5) is 0 Å². The molecule has 0 bridgehead atoms. The summed E-state index contributed by atoms with van der Waals surface area (Å²) in [7, 11) is -3.93. The standard InChI is InChI=1S/C20H29ClN2O6S/c1-5-6-13(2)22-19(24)12-28-20(25)16-7-8-17(21)18(9-16)30(26,27)23-10-14(3)29-15(4)11-23/h7-9,13-15H,5-6,10-12H2,1-4H3,(H,22,24). The van der Waals surface area contributed by atoms with Crippen LogP contribution in [0.15, 0.2) is 23.1 Å².